The van der Waals surface area contributed by atoms with E-state index >= 15 is 0 Å². The zero-order valence-corrected chi connectivity index (χ0v) is 13.1. The fraction of sp³-hybridized carbons (Fsp3) is 0.562. The second-order valence-electron chi connectivity index (χ2n) is 5.69. The molecule has 0 amide bonds. The van der Waals surface area contributed by atoms with Gasteiger partial charge in [0.1, 0.15) is 5.82 Å². The van der Waals surface area contributed by atoms with E-state index < -0.39 is 0 Å². The Labute approximate surface area is 130 Å². The Morgan fingerprint density at radius 1 is 1.20 bits per heavy atom. The van der Waals surface area contributed by atoms with Crippen molar-refractivity contribution in [3.63, 3.8) is 0 Å². The molecule has 4 heteroatoms. The van der Waals surface area contributed by atoms with E-state index in [9.17, 15) is 0 Å². The van der Waals surface area contributed by atoms with E-state index in [0.717, 1.165) is 40.8 Å². The maximum absolute atomic E-state index is 6.40. The van der Waals surface area contributed by atoms with Crippen molar-refractivity contribution in [3.8, 4) is 0 Å². The molecule has 3 rings (SSSR count). The average Bonchev–Trinajstić information content (AvgIpc) is 2.80. The summed E-state index contributed by atoms with van der Waals surface area (Å²) in [6.07, 6.45) is 7.55. The number of alkyl halides is 1. The topological polar surface area (TPSA) is 17.8 Å². The van der Waals surface area contributed by atoms with Gasteiger partial charge in [-0.25, -0.2) is 4.98 Å². The van der Waals surface area contributed by atoms with Gasteiger partial charge in [-0.05, 0) is 30.9 Å². The predicted octanol–water partition coefficient (Wildman–Crippen LogP) is 5.05. The first kappa shape index (κ1) is 14.2. The van der Waals surface area contributed by atoms with Crippen LogP contribution in [0.5, 0.6) is 0 Å². The van der Waals surface area contributed by atoms with Crippen LogP contribution in [0.2, 0.25) is 5.02 Å². The number of fused-ring (bicyclic) bond motifs is 1. The molecule has 0 radical (unpaired) electrons. The monoisotopic (exact) mass is 310 g/mol. The van der Waals surface area contributed by atoms with E-state index in [1.54, 1.807) is 0 Å². The van der Waals surface area contributed by atoms with Gasteiger partial charge in [-0.15, -0.1) is 11.6 Å². The van der Waals surface area contributed by atoms with Crippen LogP contribution in [0.1, 0.15) is 37.9 Å². The highest BCUT2D eigenvalue weighted by Gasteiger charge is 2.19. The SMILES string of the molecule is ClCCc1nc2cccc(Cl)c2n1CC1CCCCC1. The van der Waals surface area contributed by atoms with Crippen LogP contribution in [-0.2, 0) is 13.0 Å². The highest BCUT2D eigenvalue weighted by molar-refractivity contribution is 6.35. The van der Waals surface area contributed by atoms with Crippen LogP contribution in [0, 0.1) is 5.92 Å². The molecule has 1 aromatic heterocycles. The first-order valence-corrected chi connectivity index (χ1v) is 8.40. The molecule has 0 saturated heterocycles. The number of para-hydroxylation sites is 1. The van der Waals surface area contributed by atoms with Gasteiger partial charge < -0.3 is 4.57 Å². The molecule has 2 aromatic rings. The highest BCUT2D eigenvalue weighted by Crippen LogP contribution is 2.30. The van der Waals surface area contributed by atoms with Crippen molar-refractivity contribution < 1.29 is 0 Å². The Morgan fingerprint density at radius 2 is 2.00 bits per heavy atom. The summed E-state index contributed by atoms with van der Waals surface area (Å²) >= 11 is 12.3. The Kier molecular flexibility index (Phi) is 4.52. The minimum atomic E-state index is 0.603. The first-order valence-electron chi connectivity index (χ1n) is 7.49. The Bertz CT molecular complexity index is 585. The van der Waals surface area contributed by atoms with Crippen LogP contribution >= 0.6 is 23.2 Å². The fourth-order valence-corrected chi connectivity index (χ4v) is 3.73. The van der Waals surface area contributed by atoms with Gasteiger partial charge >= 0.3 is 0 Å². The summed E-state index contributed by atoms with van der Waals surface area (Å²) < 4.78 is 2.32. The first-order chi connectivity index (χ1) is 9.79. The molecule has 2 nitrogen and oxygen atoms in total. The molecular weight excluding hydrogens is 291 g/mol. The fourth-order valence-electron chi connectivity index (χ4n) is 3.29. The van der Waals surface area contributed by atoms with Gasteiger partial charge in [0.2, 0.25) is 0 Å². The summed E-state index contributed by atoms with van der Waals surface area (Å²) in [6, 6.07) is 5.96. The van der Waals surface area contributed by atoms with Gasteiger partial charge in [0, 0.05) is 18.8 Å². The van der Waals surface area contributed by atoms with Crippen molar-refractivity contribution >= 4 is 34.2 Å². The Hall–Kier alpha value is -0.730. The molecule has 0 unspecified atom stereocenters. The number of rotatable bonds is 4. The quantitative estimate of drug-likeness (QED) is 0.722. The van der Waals surface area contributed by atoms with Gasteiger partial charge in [-0.2, -0.15) is 0 Å². The summed E-state index contributed by atoms with van der Waals surface area (Å²) in [6.45, 7) is 1.03. The van der Waals surface area contributed by atoms with Gasteiger partial charge in [-0.1, -0.05) is 36.9 Å². The second-order valence-corrected chi connectivity index (χ2v) is 6.47. The summed E-state index contributed by atoms with van der Waals surface area (Å²) in [5.41, 5.74) is 2.08. The number of aryl methyl sites for hydroxylation is 1. The molecule has 1 aliphatic carbocycles. The maximum atomic E-state index is 6.40. The largest absolute Gasteiger partial charge is 0.326 e. The average molecular weight is 311 g/mol. The van der Waals surface area contributed by atoms with Crippen molar-refractivity contribution in [2.45, 2.75) is 45.1 Å². The molecule has 0 atom stereocenters. The summed E-state index contributed by atoms with van der Waals surface area (Å²) in [5.74, 6) is 2.44. The molecule has 0 N–H and O–H groups in total. The van der Waals surface area contributed by atoms with Crippen molar-refractivity contribution in [2.24, 2.45) is 5.92 Å². The third-order valence-corrected chi connectivity index (χ3v) is 4.77. The molecule has 20 heavy (non-hydrogen) atoms. The molecule has 1 fully saturated rings. The van der Waals surface area contributed by atoms with Crippen LogP contribution in [0.3, 0.4) is 0 Å². The Morgan fingerprint density at radius 3 is 2.75 bits per heavy atom. The maximum Gasteiger partial charge on any atom is 0.111 e. The lowest BCUT2D eigenvalue weighted by Gasteiger charge is -2.23. The third-order valence-electron chi connectivity index (χ3n) is 4.28. The van der Waals surface area contributed by atoms with Crippen LogP contribution in [0.15, 0.2) is 18.2 Å². The lowest BCUT2D eigenvalue weighted by molar-refractivity contribution is 0.319. The van der Waals surface area contributed by atoms with Crippen LogP contribution in [-0.4, -0.2) is 15.4 Å². The van der Waals surface area contributed by atoms with E-state index in [1.807, 2.05) is 18.2 Å². The van der Waals surface area contributed by atoms with Crippen molar-refractivity contribution in [3.05, 3.63) is 29.0 Å². The minimum Gasteiger partial charge on any atom is -0.326 e. The zero-order valence-electron chi connectivity index (χ0n) is 11.6. The standard InChI is InChI=1S/C16H20Cl2N2/c17-10-9-15-19-14-8-4-7-13(18)16(14)20(15)11-12-5-2-1-3-6-12/h4,7-8,12H,1-3,5-6,9-11H2. The normalized spacial score (nSPS) is 16.9. The number of halogens is 2. The highest BCUT2D eigenvalue weighted by atomic mass is 35.5. The van der Waals surface area contributed by atoms with Gasteiger partial charge in [-0.3, -0.25) is 0 Å². The number of hydrogen-bond donors (Lipinski definition) is 0. The number of nitrogens with zero attached hydrogens (tertiary/aromatic N) is 2. The molecule has 0 aliphatic heterocycles. The van der Waals surface area contributed by atoms with Gasteiger partial charge in [0.15, 0.2) is 0 Å². The van der Waals surface area contributed by atoms with Crippen molar-refractivity contribution in [1.29, 1.82) is 0 Å². The summed E-state index contributed by atoms with van der Waals surface area (Å²) in [4.78, 5) is 4.72. The third kappa shape index (κ3) is 2.82. The van der Waals surface area contributed by atoms with E-state index in [2.05, 4.69) is 4.57 Å². The van der Waals surface area contributed by atoms with Crippen LogP contribution < -0.4 is 0 Å². The molecule has 1 aromatic carbocycles. The molecule has 1 heterocycles. The van der Waals surface area contributed by atoms with Crippen molar-refractivity contribution in [2.75, 3.05) is 5.88 Å². The van der Waals surface area contributed by atoms with Gasteiger partial charge in [0.05, 0.1) is 16.1 Å². The van der Waals surface area contributed by atoms with E-state index in [0.29, 0.717) is 5.88 Å². The predicted molar refractivity (Wildman–Crippen MR) is 85.7 cm³/mol. The zero-order chi connectivity index (χ0) is 13.9. The Balaban J connectivity index is 1.98. The second kappa shape index (κ2) is 6.36. The van der Waals surface area contributed by atoms with Gasteiger partial charge in [0.25, 0.3) is 0 Å². The smallest absolute Gasteiger partial charge is 0.111 e. The lowest BCUT2D eigenvalue weighted by Crippen LogP contribution is -2.16. The minimum absolute atomic E-state index is 0.603. The summed E-state index contributed by atoms with van der Waals surface area (Å²) in [5, 5.41) is 0.798. The molecule has 1 aliphatic rings. The molecule has 108 valence electrons. The van der Waals surface area contributed by atoms with Crippen molar-refractivity contribution in [1.82, 2.24) is 9.55 Å². The summed E-state index contributed by atoms with van der Waals surface area (Å²) in [7, 11) is 0. The van der Waals surface area contributed by atoms with E-state index in [-0.39, 0.29) is 0 Å². The number of hydrogen-bond acceptors (Lipinski definition) is 1. The number of aromatic nitrogens is 2. The number of benzene rings is 1. The molecular formula is C16H20Cl2N2. The van der Waals surface area contributed by atoms with Crippen LogP contribution in [0.25, 0.3) is 11.0 Å². The van der Waals surface area contributed by atoms with Crippen LogP contribution in [0.4, 0.5) is 0 Å². The van der Waals surface area contributed by atoms with E-state index in [4.69, 9.17) is 28.2 Å². The number of imidazole rings is 1. The lowest BCUT2D eigenvalue weighted by atomic mass is 9.89. The molecule has 0 spiro atoms. The molecule has 1 saturated carbocycles. The van der Waals surface area contributed by atoms with E-state index in [1.165, 1.54) is 32.1 Å². The molecule has 0 bridgehead atoms.